The number of nitrogens with two attached hydrogens (primary N) is 1. The third-order valence-corrected chi connectivity index (χ3v) is 2.98. The van der Waals surface area contributed by atoms with Crippen molar-refractivity contribution in [2.45, 2.75) is 34.1 Å². The lowest BCUT2D eigenvalue weighted by atomic mass is 10.0. The van der Waals surface area contributed by atoms with Crippen molar-refractivity contribution in [3.8, 4) is 5.75 Å². The molecule has 1 aromatic carbocycles. The number of hydrogen-bond donors (Lipinski definition) is 2. The first-order valence-electron chi connectivity index (χ1n) is 6.04. The molecule has 1 rings (SSSR count). The highest BCUT2D eigenvalue weighted by atomic mass is 16.5. The molecule has 0 spiro atoms. The van der Waals surface area contributed by atoms with E-state index in [4.69, 9.17) is 15.9 Å². The fraction of sp³-hybridized carbons (Fsp3) is 0.500. The van der Waals surface area contributed by atoms with E-state index < -0.39 is 0 Å². The van der Waals surface area contributed by atoms with E-state index in [1.807, 2.05) is 26.0 Å². The van der Waals surface area contributed by atoms with Crippen molar-refractivity contribution in [3.63, 3.8) is 0 Å². The predicted molar refractivity (Wildman–Crippen MR) is 71.9 cm³/mol. The van der Waals surface area contributed by atoms with Crippen LogP contribution >= 0.6 is 0 Å². The zero-order valence-electron chi connectivity index (χ0n) is 11.1. The second kappa shape index (κ2) is 5.71. The van der Waals surface area contributed by atoms with Gasteiger partial charge in [-0.3, -0.25) is 5.41 Å². The molecule has 17 heavy (non-hydrogen) atoms. The molecule has 0 aliphatic heterocycles. The number of aryl methyl sites for hydroxylation is 2. The van der Waals surface area contributed by atoms with Crippen molar-refractivity contribution in [2.24, 2.45) is 11.7 Å². The molecule has 0 aliphatic carbocycles. The number of nitrogens with one attached hydrogen (secondary N) is 1. The fourth-order valence-electron chi connectivity index (χ4n) is 1.68. The predicted octanol–water partition coefficient (Wildman–Crippen LogP) is 3.01. The first kappa shape index (κ1) is 13.6. The Hall–Kier alpha value is -1.51. The molecule has 3 nitrogen and oxygen atoms in total. The zero-order chi connectivity index (χ0) is 13.0. The number of nitrogen functional groups attached to an aromatic ring is 1. The van der Waals surface area contributed by atoms with Crippen LogP contribution in [-0.4, -0.2) is 12.4 Å². The minimum atomic E-state index is 0.102. The topological polar surface area (TPSA) is 59.1 Å². The average molecular weight is 234 g/mol. The van der Waals surface area contributed by atoms with Gasteiger partial charge < -0.3 is 10.5 Å². The van der Waals surface area contributed by atoms with E-state index in [1.54, 1.807) is 0 Å². The van der Waals surface area contributed by atoms with E-state index in [2.05, 4.69) is 13.8 Å². The Kier molecular flexibility index (Phi) is 4.55. The van der Waals surface area contributed by atoms with Crippen LogP contribution in [0, 0.1) is 25.2 Å². The molecular weight excluding hydrogens is 212 g/mol. The van der Waals surface area contributed by atoms with Gasteiger partial charge in [-0.25, -0.2) is 0 Å². The summed E-state index contributed by atoms with van der Waals surface area (Å²) >= 11 is 0. The fourth-order valence-corrected chi connectivity index (χ4v) is 1.68. The first-order valence-corrected chi connectivity index (χ1v) is 6.04. The Labute approximate surface area is 103 Å². The summed E-state index contributed by atoms with van der Waals surface area (Å²) in [6.07, 6.45) is 1.11. The van der Waals surface area contributed by atoms with Crippen LogP contribution in [0.4, 0.5) is 0 Å². The van der Waals surface area contributed by atoms with E-state index in [9.17, 15) is 0 Å². The smallest absolute Gasteiger partial charge is 0.125 e. The monoisotopic (exact) mass is 234 g/mol. The maximum absolute atomic E-state index is 7.44. The molecule has 0 aromatic heterocycles. The second-order valence-electron chi connectivity index (χ2n) is 4.68. The normalized spacial score (nSPS) is 12.2. The molecule has 0 bridgehead atoms. The number of amidine groups is 1. The maximum atomic E-state index is 7.44. The van der Waals surface area contributed by atoms with Crippen LogP contribution < -0.4 is 10.5 Å². The van der Waals surface area contributed by atoms with Crippen molar-refractivity contribution in [2.75, 3.05) is 6.61 Å². The van der Waals surface area contributed by atoms with Crippen LogP contribution in [0.1, 0.15) is 37.0 Å². The van der Waals surface area contributed by atoms with Crippen molar-refractivity contribution in [3.05, 3.63) is 28.8 Å². The van der Waals surface area contributed by atoms with Gasteiger partial charge >= 0.3 is 0 Å². The molecule has 0 amide bonds. The number of benzene rings is 1. The van der Waals surface area contributed by atoms with Crippen molar-refractivity contribution >= 4 is 5.84 Å². The second-order valence-corrected chi connectivity index (χ2v) is 4.68. The molecule has 1 unspecified atom stereocenters. The Bertz CT molecular complexity index is 390. The van der Waals surface area contributed by atoms with Crippen LogP contribution in [0.25, 0.3) is 0 Å². The molecule has 0 saturated heterocycles. The third kappa shape index (κ3) is 3.48. The summed E-state index contributed by atoms with van der Waals surface area (Å²) in [6, 6.07) is 3.81. The zero-order valence-corrected chi connectivity index (χ0v) is 11.1. The van der Waals surface area contributed by atoms with E-state index in [-0.39, 0.29) is 5.84 Å². The Morgan fingerprint density at radius 1 is 1.35 bits per heavy atom. The quantitative estimate of drug-likeness (QED) is 0.607. The summed E-state index contributed by atoms with van der Waals surface area (Å²) in [7, 11) is 0. The highest BCUT2D eigenvalue weighted by Gasteiger charge is 2.09. The Balaban J connectivity index is 2.90. The van der Waals surface area contributed by atoms with Gasteiger partial charge in [-0.05, 0) is 43.0 Å². The lowest BCUT2D eigenvalue weighted by Gasteiger charge is -2.16. The van der Waals surface area contributed by atoms with Crippen LogP contribution in [-0.2, 0) is 0 Å². The van der Waals surface area contributed by atoms with Gasteiger partial charge in [0.2, 0.25) is 0 Å². The van der Waals surface area contributed by atoms with Crippen LogP contribution in [0.15, 0.2) is 12.1 Å². The van der Waals surface area contributed by atoms with Gasteiger partial charge in [-0.1, -0.05) is 20.3 Å². The minimum absolute atomic E-state index is 0.102. The Morgan fingerprint density at radius 2 is 1.88 bits per heavy atom. The highest BCUT2D eigenvalue weighted by Crippen LogP contribution is 2.25. The average Bonchev–Trinajstić information content (AvgIpc) is 2.27. The summed E-state index contributed by atoms with van der Waals surface area (Å²) < 4.78 is 5.84. The summed E-state index contributed by atoms with van der Waals surface area (Å²) in [5, 5.41) is 7.44. The molecule has 0 heterocycles. The van der Waals surface area contributed by atoms with Crippen molar-refractivity contribution < 1.29 is 4.74 Å². The molecule has 0 radical (unpaired) electrons. The molecule has 3 heteroatoms. The van der Waals surface area contributed by atoms with E-state index >= 15 is 0 Å². The van der Waals surface area contributed by atoms with E-state index in [0.29, 0.717) is 5.92 Å². The van der Waals surface area contributed by atoms with Gasteiger partial charge in [0.05, 0.1) is 6.61 Å². The van der Waals surface area contributed by atoms with Crippen LogP contribution in [0.3, 0.4) is 0 Å². The van der Waals surface area contributed by atoms with Gasteiger partial charge in [0.15, 0.2) is 0 Å². The van der Waals surface area contributed by atoms with E-state index in [1.165, 1.54) is 0 Å². The standard InChI is InChI=1S/C14H22N2O/c1-5-9(2)8-17-13-10(3)6-12(14(15)16)7-11(13)4/h6-7,9H,5,8H2,1-4H3,(H3,15,16). The molecule has 0 saturated carbocycles. The first-order chi connectivity index (χ1) is 7.95. The summed E-state index contributed by atoms with van der Waals surface area (Å²) in [5.74, 6) is 1.58. The number of hydrogen-bond acceptors (Lipinski definition) is 2. The maximum Gasteiger partial charge on any atom is 0.125 e. The lowest BCUT2D eigenvalue weighted by Crippen LogP contribution is -2.13. The van der Waals surface area contributed by atoms with E-state index in [0.717, 1.165) is 35.5 Å². The molecule has 0 aliphatic rings. The summed E-state index contributed by atoms with van der Waals surface area (Å²) in [6.45, 7) is 9.05. The summed E-state index contributed by atoms with van der Waals surface area (Å²) in [5.41, 5.74) is 8.33. The minimum Gasteiger partial charge on any atom is -0.493 e. The molecule has 3 N–H and O–H groups in total. The number of ether oxygens (including phenoxy) is 1. The van der Waals surface area contributed by atoms with Crippen LogP contribution in [0.5, 0.6) is 5.75 Å². The van der Waals surface area contributed by atoms with Crippen molar-refractivity contribution in [1.82, 2.24) is 0 Å². The largest absolute Gasteiger partial charge is 0.493 e. The Morgan fingerprint density at radius 3 is 2.29 bits per heavy atom. The number of rotatable bonds is 5. The third-order valence-electron chi connectivity index (χ3n) is 2.98. The molecule has 94 valence electrons. The lowest BCUT2D eigenvalue weighted by molar-refractivity contribution is 0.253. The van der Waals surface area contributed by atoms with Gasteiger partial charge in [-0.2, -0.15) is 0 Å². The van der Waals surface area contributed by atoms with Gasteiger partial charge in [0, 0.05) is 5.56 Å². The van der Waals surface area contributed by atoms with Crippen molar-refractivity contribution in [1.29, 1.82) is 5.41 Å². The van der Waals surface area contributed by atoms with Gasteiger partial charge in [0.25, 0.3) is 0 Å². The SMILES string of the molecule is CCC(C)COc1c(C)cc(C(=N)N)cc1C. The molecule has 1 aromatic rings. The molecule has 1 atom stereocenters. The highest BCUT2D eigenvalue weighted by molar-refractivity contribution is 5.95. The van der Waals surface area contributed by atoms with Gasteiger partial charge in [0.1, 0.15) is 11.6 Å². The van der Waals surface area contributed by atoms with Gasteiger partial charge in [-0.15, -0.1) is 0 Å². The van der Waals surface area contributed by atoms with Crippen LogP contribution in [0.2, 0.25) is 0 Å². The molecule has 0 fully saturated rings. The molecular formula is C14H22N2O. The summed E-state index contributed by atoms with van der Waals surface area (Å²) in [4.78, 5) is 0.